The lowest BCUT2D eigenvalue weighted by atomic mass is 10.1. The summed E-state index contributed by atoms with van der Waals surface area (Å²) in [5.74, 6) is -0.903. The van der Waals surface area contributed by atoms with E-state index in [4.69, 9.17) is 4.74 Å². The number of morpholine rings is 1. The first-order valence-corrected chi connectivity index (χ1v) is 11.6. The highest BCUT2D eigenvalue weighted by molar-refractivity contribution is 7.89. The molecule has 8 nitrogen and oxygen atoms in total. The lowest BCUT2D eigenvalue weighted by Gasteiger charge is -2.26. The van der Waals surface area contributed by atoms with Crippen LogP contribution in [-0.4, -0.2) is 56.5 Å². The van der Waals surface area contributed by atoms with Crippen LogP contribution in [0.15, 0.2) is 58.2 Å². The SMILES string of the molecule is O=C(NCCc1ccccc1F)c1cc(=O)[nH]c2ccc(S(=O)(=O)N3CCOCC3)cc12. The Bertz CT molecular complexity index is 1320. The van der Waals surface area contributed by atoms with Crippen molar-refractivity contribution in [1.29, 1.82) is 0 Å². The number of ether oxygens (including phenoxy) is 1. The zero-order valence-corrected chi connectivity index (χ0v) is 18.0. The van der Waals surface area contributed by atoms with Crippen molar-refractivity contribution in [2.75, 3.05) is 32.8 Å². The Hall–Kier alpha value is -3.08. The summed E-state index contributed by atoms with van der Waals surface area (Å²) in [6.07, 6.45) is 0.274. The van der Waals surface area contributed by atoms with E-state index in [1.165, 1.54) is 28.6 Å². The Morgan fingerprint density at radius 2 is 1.88 bits per heavy atom. The van der Waals surface area contributed by atoms with Crippen LogP contribution in [0, 0.1) is 5.82 Å². The number of nitrogens with one attached hydrogen (secondary N) is 2. The number of aromatic nitrogens is 1. The topological polar surface area (TPSA) is 109 Å². The zero-order valence-electron chi connectivity index (χ0n) is 17.1. The fourth-order valence-electron chi connectivity index (χ4n) is 3.62. The molecule has 0 unspecified atom stereocenters. The van der Waals surface area contributed by atoms with E-state index >= 15 is 0 Å². The molecular formula is C22H22FN3O5S. The van der Waals surface area contributed by atoms with Crippen LogP contribution in [0.4, 0.5) is 4.39 Å². The Balaban J connectivity index is 1.61. The number of rotatable bonds is 6. The summed E-state index contributed by atoms with van der Waals surface area (Å²) in [6.45, 7) is 1.27. The van der Waals surface area contributed by atoms with Crippen LogP contribution in [0.25, 0.3) is 10.9 Å². The van der Waals surface area contributed by atoms with Gasteiger partial charge in [-0.1, -0.05) is 18.2 Å². The maximum atomic E-state index is 13.8. The minimum atomic E-state index is -3.78. The second-order valence-electron chi connectivity index (χ2n) is 7.37. The van der Waals surface area contributed by atoms with Gasteiger partial charge in [-0.3, -0.25) is 9.59 Å². The van der Waals surface area contributed by atoms with Crippen LogP contribution in [-0.2, 0) is 21.2 Å². The van der Waals surface area contributed by atoms with Gasteiger partial charge in [-0.05, 0) is 36.2 Å². The average Bonchev–Trinajstić information content (AvgIpc) is 2.80. The first-order chi connectivity index (χ1) is 15.4. The Labute approximate surface area is 184 Å². The standard InChI is InChI=1S/C22H22FN3O5S/c23-19-4-2-1-3-15(19)7-8-24-22(28)18-14-21(27)25-20-6-5-16(13-17(18)20)32(29,30)26-9-11-31-12-10-26/h1-6,13-14H,7-12H2,(H,24,28)(H,25,27). The molecule has 1 aromatic heterocycles. The van der Waals surface area contributed by atoms with Crippen LogP contribution in [0.2, 0.25) is 0 Å². The third-order valence-electron chi connectivity index (χ3n) is 5.30. The number of aromatic amines is 1. The van der Waals surface area contributed by atoms with Gasteiger partial charge in [0.25, 0.3) is 5.91 Å². The van der Waals surface area contributed by atoms with E-state index in [-0.39, 0.29) is 42.3 Å². The predicted octanol–water partition coefficient (Wildman–Crippen LogP) is 1.66. The second-order valence-corrected chi connectivity index (χ2v) is 9.31. The number of hydrogen-bond acceptors (Lipinski definition) is 5. The molecule has 1 fully saturated rings. The summed E-state index contributed by atoms with van der Waals surface area (Å²) in [5, 5.41) is 2.99. The number of carbonyl (C=O) groups is 1. The maximum absolute atomic E-state index is 13.8. The van der Waals surface area contributed by atoms with Crippen molar-refractivity contribution in [3.05, 3.63) is 75.8 Å². The number of hydrogen-bond donors (Lipinski definition) is 2. The lowest BCUT2D eigenvalue weighted by molar-refractivity contribution is 0.0730. The number of benzene rings is 2. The minimum Gasteiger partial charge on any atom is -0.379 e. The Morgan fingerprint density at radius 1 is 1.12 bits per heavy atom. The molecule has 0 atom stereocenters. The molecule has 2 heterocycles. The quantitative estimate of drug-likeness (QED) is 0.583. The van der Waals surface area contributed by atoms with Crippen molar-refractivity contribution in [1.82, 2.24) is 14.6 Å². The van der Waals surface area contributed by atoms with Crippen LogP contribution in [0.3, 0.4) is 0 Å². The van der Waals surface area contributed by atoms with Crippen molar-refractivity contribution in [3.8, 4) is 0 Å². The number of fused-ring (bicyclic) bond motifs is 1. The van der Waals surface area contributed by atoms with Gasteiger partial charge in [0.15, 0.2) is 0 Å². The van der Waals surface area contributed by atoms with E-state index in [1.807, 2.05) is 0 Å². The Morgan fingerprint density at radius 3 is 2.62 bits per heavy atom. The molecule has 2 aromatic carbocycles. The van der Waals surface area contributed by atoms with Crippen molar-refractivity contribution >= 4 is 26.8 Å². The van der Waals surface area contributed by atoms with E-state index in [1.54, 1.807) is 18.2 Å². The molecule has 32 heavy (non-hydrogen) atoms. The van der Waals surface area contributed by atoms with Crippen LogP contribution >= 0.6 is 0 Å². The molecule has 10 heteroatoms. The lowest BCUT2D eigenvalue weighted by Crippen LogP contribution is -2.40. The van der Waals surface area contributed by atoms with Gasteiger partial charge < -0.3 is 15.0 Å². The zero-order chi connectivity index (χ0) is 22.7. The molecular weight excluding hydrogens is 437 g/mol. The molecule has 4 rings (SSSR count). The number of nitrogens with zero attached hydrogens (tertiary/aromatic N) is 1. The second kappa shape index (κ2) is 9.19. The van der Waals surface area contributed by atoms with Gasteiger partial charge in [0.05, 0.1) is 23.7 Å². The van der Waals surface area contributed by atoms with Gasteiger partial charge in [-0.2, -0.15) is 4.31 Å². The molecule has 1 aliphatic heterocycles. The van der Waals surface area contributed by atoms with E-state index < -0.39 is 21.5 Å². The van der Waals surface area contributed by atoms with E-state index in [0.717, 1.165) is 6.07 Å². The van der Waals surface area contributed by atoms with Crippen molar-refractivity contribution in [3.63, 3.8) is 0 Å². The van der Waals surface area contributed by atoms with E-state index in [9.17, 15) is 22.4 Å². The predicted molar refractivity (Wildman–Crippen MR) is 117 cm³/mol. The van der Waals surface area contributed by atoms with Crippen LogP contribution in [0.1, 0.15) is 15.9 Å². The third-order valence-corrected chi connectivity index (χ3v) is 7.20. The van der Waals surface area contributed by atoms with Crippen molar-refractivity contribution < 1.29 is 22.3 Å². The molecule has 1 amide bonds. The van der Waals surface area contributed by atoms with Crippen molar-refractivity contribution in [2.45, 2.75) is 11.3 Å². The van der Waals surface area contributed by atoms with E-state index in [0.29, 0.717) is 29.7 Å². The molecule has 0 aliphatic carbocycles. The van der Waals surface area contributed by atoms with Gasteiger partial charge in [-0.15, -0.1) is 0 Å². The number of halogens is 1. The monoisotopic (exact) mass is 459 g/mol. The number of sulfonamides is 1. The normalized spacial score (nSPS) is 15.0. The summed E-state index contributed by atoms with van der Waals surface area (Å²) >= 11 is 0. The molecule has 0 spiro atoms. The third kappa shape index (κ3) is 4.57. The first-order valence-electron chi connectivity index (χ1n) is 10.1. The van der Waals surface area contributed by atoms with Crippen LogP contribution in [0.5, 0.6) is 0 Å². The summed E-state index contributed by atoms with van der Waals surface area (Å²) in [5.41, 5.74) is 0.372. The Kier molecular flexibility index (Phi) is 6.35. The highest BCUT2D eigenvalue weighted by Crippen LogP contribution is 2.23. The molecule has 2 N–H and O–H groups in total. The summed E-state index contributed by atoms with van der Waals surface area (Å²) in [4.78, 5) is 27.5. The molecule has 168 valence electrons. The van der Waals surface area contributed by atoms with Gasteiger partial charge in [-0.25, -0.2) is 12.8 Å². The first kappa shape index (κ1) is 22.1. The summed E-state index contributed by atoms with van der Waals surface area (Å²) in [7, 11) is -3.78. The van der Waals surface area contributed by atoms with Gasteiger partial charge in [0.1, 0.15) is 5.82 Å². The molecule has 1 saturated heterocycles. The number of carbonyl (C=O) groups excluding carboxylic acids is 1. The number of H-pyrrole nitrogens is 1. The van der Waals surface area contributed by atoms with Crippen LogP contribution < -0.4 is 10.9 Å². The fraction of sp³-hybridized carbons (Fsp3) is 0.273. The van der Waals surface area contributed by atoms with E-state index in [2.05, 4.69) is 10.3 Å². The number of pyridine rings is 1. The smallest absolute Gasteiger partial charge is 0.252 e. The molecule has 0 saturated carbocycles. The molecule has 0 bridgehead atoms. The average molecular weight is 459 g/mol. The molecule has 3 aromatic rings. The maximum Gasteiger partial charge on any atom is 0.252 e. The fourth-order valence-corrected chi connectivity index (χ4v) is 5.06. The summed E-state index contributed by atoms with van der Waals surface area (Å²) in [6, 6.07) is 11.7. The largest absolute Gasteiger partial charge is 0.379 e. The minimum absolute atomic E-state index is 0.0272. The molecule has 1 aliphatic rings. The van der Waals surface area contributed by atoms with Gasteiger partial charge >= 0.3 is 0 Å². The highest BCUT2D eigenvalue weighted by atomic mass is 32.2. The molecule has 0 radical (unpaired) electrons. The van der Waals surface area contributed by atoms with Gasteiger partial charge in [0.2, 0.25) is 15.6 Å². The van der Waals surface area contributed by atoms with Gasteiger partial charge in [0, 0.05) is 36.6 Å². The highest BCUT2D eigenvalue weighted by Gasteiger charge is 2.27. The van der Waals surface area contributed by atoms with Crippen molar-refractivity contribution in [2.24, 2.45) is 0 Å². The summed E-state index contributed by atoms with van der Waals surface area (Å²) < 4.78 is 46.3. The number of amides is 1.